The number of hydrogen-bond acceptors (Lipinski definition) is 3. The van der Waals surface area contributed by atoms with Crippen LogP contribution in [0.1, 0.15) is 16.8 Å². The average molecular weight is 292 g/mol. The summed E-state index contributed by atoms with van der Waals surface area (Å²) in [6.45, 7) is 3.89. The Labute approximate surface area is 122 Å². The molecule has 0 aliphatic carbocycles. The van der Waals surface area contributed by atoms with Gasteiger partial charge in [0.15, 0.2) is 0 Å². The molecule has 2 rings (SSSR count). The predicted molar refractivity (Wildman–Crippen MR) is 84.3 cm³/mol. The van der Waals surface area contributed by atoms with Gasteiger partial charge in [0.05, 0.1) is 16.3 Å². The topological polar surface area (TPSA) is 50.9 Å². The summed E-state index contributed by atoms with van der Waals surface area (Å²) in [6.07, 6.45) is 0. The number of benzene rings is 1. The summed E-state index contributed by atoms with van der Waals surface area (Å²) in [4.78, 5) is 4.74. The normalized spacial score (nSPS) is 10.3. The molecule has 5 heteroatoms. The number of nitrogens with two attached hydrogens (primary N) is 1. The van der Waals surface area contributed by atoms with E-state index in [0.29, 0.717) is 21.4 Å². The second-order valence-corrected chi connectivity index (χ2v) is 5.12. The average Bonchev–Trinajstić information content (AvgIpc) is 2.33. The number of aromatic nitrogens is 1. The zero-order chi connectivity index (χ0) is 14.0. The molecule has 3 nitrogen and oxygen atoms in total. The minimum Gasteiger partial charge on any atom is -0.389 e. The Morgan fingerprint density at radius 1 is 1.26 bits per heavy atom. The van der Waals surface area contributed by atoms with Crippen LogP contribution in [0.3, 0.4) is 0 Å². The fourth-order valence-corrected chi connectivity index (χ4v) is 2.19. The van der Waals surface area contributed by atoms with Crippen molar-refractivity contribution >= 4 is 40.3 Å². The van der Waals surface area contributed by atoms with Crippen LogP contribution in [0.5, 0.6) is 0 Å². The number of para-hydroxylation sites is 1. The molecule has 0 atom stereocenters. The van der Waals surface area contributed by atoms with E-state index in [9.17, 15) is 0 Å². The van der Waals surface area contributed by atoms with Crippen LogP contribution in [-0.4, -0.2) is 9.97 Å². The van der Waals surface area contributed by atoms with Crippen LogP contribution >= 0.6 is 23.8 Å². The fourth-order valence-electron chi connectivity index (χ4n) is 1.76. The van der Waals surface area contributed by atoms with Gasteiger partial charge >= 0.3 is 0 Å². The van der Waals surface area contributed by atoms with Gasteiger partial charge in [-0.2, -0.15) is 0 Å². The van der Waals surface area contributed by atoms with Crippen molar-refractivity contribution < 1.29 is 0 Å². The highest BCUT2D eigenvalue weighted by Gasteiger charge is 2.10. The van der Waals surface area contributed by atoms with Crippen LogP contribution in [0.15, 0.2) is 30.3 Å². The van der Waals surface area contributed by atoms with Gasteiger partial charge in [-0.3, -0.25) is 0 Å². The summed E-state index contributed by atoms with van der Waals surface area (Å²) >= 11 is 11.2. The highest BCUT2D eigenvalue weighted by molar-refractivity contribution is 7.80. The quantitative estimate of drug-likeness (QED) is 0.846. The number of halogens is 1. The molecule has 1 aromatic heterocycles. The first kappa shape index (κ1) is 13.8. The zero-order valence-electron chi connectivity index (χ0n) is 10.7. The maximum Gasteiger partial charge on any atom is 0.140 e. The summed E-state index contributed by atoms with van der Waals surface area (Å²) in [5.41, 5.74) is 9.15. The van der Waals surface area contributed by atoms with Crippen molar-refractivity contribution in [2.45, 2.75) is 13.8 Å². The van der Waals surface area contributed by atoms with Crippen molar-refractivity contribution in [1.82, 2.24) is 4.98 Å². The number of pyridine rings is 1. The van der Waals surface area contributed by atoms with Gasteiger partial charge in [0.1, 0.15) is 10.8 Å². The van der Waals surface area contributed by atoms with E-state index in [4.69, 9.17) is 29.6 Å². The van der Waals surface area contributed by atoms with Crippen molar-refractivity contribution in [3.63, 3.8) is 0 Å². The van der Waals surface area contributed by atoms with Crippen molar-refractivity contribution in [2.24, 2.45) is 5.73 Å². The lowest BCUT2D eigenvalue weighted by molar-refractivity contribution is 1.19. The van der Waals surface area contributed by atoms with Crippen molar-refractivity contribution in [3.8, 4) is 0 Å². The Balaban J connectivity index is 2.49. The molecule has 2 aromatic rings. The Hall–Kier alpha value is -1.65. The molecule has 1 heterocycles. The number of aryl methyl sites for hydroxylation is 2. The van der Waals surface area contributed by atoms with E-state index in [0.717, 1.165) is 16.9 Å². The summed E-state index contributed by atoms with van der Waals surface area (Å²) in [5, 5.41) is 3.86. The summed E-state index contributed by atoms with van der Waals surface area (Å²) in [5.74, 6) is 0.628. The van der Waals surface area contributed by atoms with Gasteiger partial charge in [-0.25, -0.2) is 4.98 Å². The van der Waals surface area contributed by atoms with E-state index in [1.54, 1.807) is 0 Å². The lowest BCUT2D eigenvalue weighted by Gasteiger charge is -2.14. The predicted octanol–water partition coefficient (Wildman–Crippen LogP) is 3.73. The lowest BCUT2D eigenvalue weighted by Crippen LogP contribution is -2.13. The molecule has 0 saturated heterocycles. The number of anilines is 2. The molecule has 0 amide bonds. The standard InChI is InChI=1S/C14H14ClN3S/c1-8-4-3-5-11(15)12(8)18-14-10(13(16)19)7-6-9(2)17-14/h3-7H,1-2H3,(H2,16,19)(H,17,18). The van der Waals surface area contributed by atoms with E-state index >= 15 is 0 Å². The van der Waals surface area contributed by atoms with Gasteiger partial charge in [-0.1, -0.05) is 36.0 Å². The maximum atomic E-state index is 6.20. The first-order chi connectivity index (χ1) is 8.99. The van der Waals surface area contributed by atoms with Crippen LogP contribution < -0.4 is 11.1 Å². The highest BCUT2D eigenvalue weighted by Crippen LogP contribution is 2.29. The number of nitrogens with zero attached hydrogens (tertiary/aromatic N) is 1. The zero-order valence-corrected chi connectivity index (χ0v) is 12.3. The minimum absolute atomic E-state index is 0.305. The van der Waals surface area contributed by atoms with Crippen LogP contribution in [0, 0.1) is 13.8 Å². The molecule has 0 bridgehead atoms. The molecule has 98 valence electrons. The maximum absolute atomic E-state index is 6.20. The van der Waals surface area contributed by atoms with Gasteiger partial charge in [0, 0.05) is 5.69 Å². The highest BCUT2D eigenvalue weighted by atomic mass is 35.5. The second kappa shape index (κ2) is 5.55. The van der Waals surface area contributed by atoms with Gasteiger partial charge in [0.25, 0.3) is 0 Å². The van der Waals surface area contributed by atoms with Crippen molar-refractivity contribution in [2.75, 3.05) is 5.32 Å². The van der Waals surface area contributed by atoms with Gasteiger partial charge < -0.3 is 11.1 Å². The molecule has 0 unspecified atom stereocenters. The SMILES string of the molecule is Cc1ccc(C(N)=S)c(Nc2c(C)cccc2Cl)n1. The van der Waals surface area contributed by atoms with E-state index in [1.807, 2.05) is 44.2 Å². The Morgan fingerprint density at radius 2 is 2.00 bits per heavy atom. The number of nitrogens with one attached hydrogen (secondary N) is 1. The molecule has 0 aliphatic heterocycles. The molecule has 0 aliphatic rings. The van der Waals surface area contributed by atoms with Crippen LogP contribution in [0.4, 0.5) is 11.5 Å². The summed E-state index contributed by atoms with van der Waals surface area (Å²) in [7, 11) is 0. The largest absolute Gasteiger partial charge is 0.389 e. The monoisotopic (exact) mass is 291 g/mol. The third-order valence-electron chi connectivity index (χ3n) is 2.77. The Morgan fingerprint density at radius 3 is 2.63 bits per heavy atom. The molecule has 3 N–H and O–H groups in total. The second-order valence-electron chi connectivity index (χ2n) is 4.27. The first-order valence-electron chi connectivity index (χ1n) is 5.78. The van der Waals surface area contributed by atoms with E-state index in [1.165, 1.54) is 0 Å². The van der Waals surface area contributed by atoms with Gasteiger partial charge in [-0.05, 0) is 37.6 Å². The molecule has 0 saturated carbocycles. The van der Waals surface area contributed by atoms with Crippen LogP contribution in [-0.2, 0) is 0 Å². The fraction of sp³-hybridized carbons (Fsp3) is 0.143. The van der Waals surface area contributed by atoms with E-state index < -0.39 is 0 Å². The van der Waals surface area contributed by atoms with Gasteiger partial charge in [-0.15, -0.1) is 0 Å². The number of rotatable bonds is 3. The number of thiocarbonyl (C=S) groups is 1. The summed E-state index contributed by atoms with van der Waals surface area (Å²) in [6, 6.07) is 9.44. The Bertz CT molecular complexity index is 620. The molecule has 0 fully saturated rings. The molecular weight excluding hydrogens is 278 g/mol. The van der Waals surface area contributed by atoms with Crippen molar-refractivity contribution in [3.05, 3.63) is 52.2 Å². The molecular formula is C14H14ClN3S. The van der Waals surface area contributed by atoms with Gasteiger partial charge in [0.2, 0.25) is 0 Å². The number of hydrogen-bond donors (Lipinski definition) is 2. The molecule has 1 aromatic carbocycles. The third kappa shape index (κ3) is 3.03. The molecule has 0 radical (unpaired) electrons. The smallest absolute Gasteiger partial charge is 0.140 e. The summed E-state index contributed by atoms with van der Waals surface area (Å²) < 4.78 is 0. The van der Waals surface area contributed by atoms with E-state index in [2.05, 4.69) is 10.3 Å². The lowest BCUT2D eigenvalue weighted by atomic mass is 10.2. The minimum atomic E-state index is 0.305. The van der Waals surface area contributed by atoms with Crippen LogP contribution in [0.2, 0.25) is 5.02 Å². The van der Waals surface area contributed by atoms with Crippen LogP contribution in [0.25, 0.3) is 0 Å². The Kier molecular flexibility index (Phi) is 4.02. The van der Waals surface area contributed by atoms with Crippen molar-refractivity contribution in [1.29, 1.82) is 0 Å². The first-order valence-corrected chi connectivity index (χ1v) is 6.57. The van der Waals surface area contributed by atoms with E-state index in [-0.39, 0.29) is 0 Å². The molecule has 0 spiro atoms. The third-order valence-corrected chi connectivity index (χ3v) is 3.30. The molecule has 19 heavy (non-hydrogen) atoms.